The van der Waals surface area contributed by atoms with Crippen LogP contribution in [0.4, 0.5) is 0 Å². The molecule has 1 atom stereocenters. The Bertz CT molecular complexity index is 408. The van der Waals surface area contributed by atoms with Gasteiger partial charge in [0.1, 0.15) is 0 Å². The summed E-state index contributed by atoms with van der Waals surface area (Å²) >= 11 is 1.58. The van der Waals surface area contributed by atoms with Crippen LogP contribution in [0, 0.1) is 0 Å². The Balaban J connectivity index is 2.07. The largest absolute Gasteiger partial charge is 0.323 e. The predicted molar refractivity (Wildman–Crippen MR) is 58.5 cm³/mol. The first-order valence-electron chi connectivity index (χ1n) is 4.82. The Hall–Kier alpha value is -1.27. The lowest BCUT2D eigenvalue weighted by atomic mass is 10.2. The van der Waals surface area contributed by atoms with Gasteiger partial charge in [-0.05, 0) is 6.42 Å². The molecule has 0 bridgehead atoms. The molecule has 6 heteroatoms. The van der Waals surface area contributed by atoms with Crippen LogP contribution in [0.5, 0.6) is 0 Å². The highest BCUT2D eigenvalue weighted by molar-refractivity contribution is 7.07. The average molecular weight is 223 g/mol. The molecule has 0 spiro atoms. The van der Waals surface area contributed by atoms with E-state index in [0.29, 0.717) is 6.54 Å². The van der Waals surface area contributed by atoms with Gasteiger partial charge in [-0.3, -0.25) is 0 Å². The molecule has 1 unspecified atom stereocenters. The Morgan fingerprint density at radius 1 is 1.60 bits per heavy atom. The molecule has 0 amide bonds. The van der Waals surface area contributed by atoms with E-state index in [9.17, 15) is 0 Å². The standard InChI is InChI=1S/C9H13N5S/c1-2-8(10)9-4-14(13-12-9)3-7-5-15-6-11-7/h4-6,8H,2-3,10H2,1H3. The maximum Gasteiger partial charge on any atom is 0.0994 e. The topological polar surface area (TPSA) is 69.6 Å². The SMILES string of the molecule is CCC(N)c1cn(Cc2cscn2)nn1. The lowest BCUT2D eigenvalue weighted by Gasteiger charge is -2.01. The van der Waals surface area contributed by atoms with Gasteiger partial charge in [0, 0.05) is 5.38 Å². The number of hydrogen-bond acceptors (Lipinski definition) is 5. The van der Waals surface area contributed by atoms with Crippen LogP contribution in [0.15, 0.2) is 17.1 Å². The summed E-state index contributed by atoms with van der Waals surface area (Å²) in [7, 11) is 0. The van der Waals surface area contributed by atoms with Gasteiger partial charge in [-0.2, -0.15) is 0 Å². The van der Waals surface area contributed by atoms with Gasteiger partial charge >= 0.3 is 0 Å². The molecule has 0 fully saturated rings. The van der Waals surface area contributed by atoms with E-state index in [2.05, 4.69) is 15.3 Å². The molecular formula is C9H13N5S. The van der Waals surface area contributed by atoms with Crippen LogP contribution >= 0.6 is 11.3 Å². The van der Waals surface area contributed by atoms with E-state index in [1.165, 1.54) is 0 Å². The second-order valence-electron chi connectivity index (χ2n) is 3.34. The van der Waals surface area contributed by atoms with Gasteiger partial charge in [0.2, 0.25) is 0 Å². The highest BCUT2D eigenvalue weighted by atomic mass is 32.1. The number of nitrogens with two attached hydrogens (primary N) is 1. The smallest absolute Gasteiger partial charge is 0.0994 e. The zero-order valence-electron chi connectivity index (χ0n) is 8.50. The molecule has 0 aliphatic rings. The van der Waals surface area contributed by atoms with Gasteiger partial charge < -0.3 is 5.73 Å². The highest BCUT2D eigenvalue weighted by Gasteiger charge is 2.08. The molecule has 2 aromatic heterocycles. The van der Waals surface area contributed by atoms with Crippen LogP contribution in [0.25, 0.3) is 0 Å². The first-order chi connectivity index (χ1) is 7.29. The summed E-state index contributed by atoms with van der Waals surface area (Å²) in [6.45, 7) is 2.69. The summed E-state index contributed by atoms with van der Waals surface area (Å²) in [4.78, 5) is 4.18. The molecular weight excluding hydrogens is 210 g/mol. The second-order valence-corrected chi connectivity index (χ2v) is 4.05. The van der Waals surface area contributed by atoms with E-state index in [1.807, 2.05) is 24.0 Å². The van der Waals surface area contributed by atoms with E-state index in [0.717, 1.165) is 17.8 Å². The van der Waals surface area contributed by atoms with Crippen molar-refractivity contribution < 1.29 is 0 Å². The molecule has 2 aromatic rings. The minimum Gasteiger partial charge on any atom is -0.323 e. The second kappa shape index (κ2) is 4.50. The van der Waals surface area contributed by atoms with E-state index in [4.69, 9.17) is 5.73 Å². The molecule has 0 radical (unpaired) electrons. The third kappa shape index (κ3) is 2.40. The fraction of sp³-hybridized carbons (Fsp3) is 0.444. The average Bonchev–Trinajstić information content (AvgIpc) is 2.88. The lowest BCUT2D eigenvalue weighted by Crippen LogP contribution is -2.08. The molecule has 0 aliphatic carbocycles. The number of hydrogen-bond donors (Lipinski definition) is 1. The van der Waals surface area contributed by atoms with Crippen molar-refractivity contribution in [2.75, 3.05) is 0 Å². The monoisotopic (exact) mass is 223 g/mol. The van der Waals surface area contributed by atoms with Gasteiger partial charge in [-0.15, -0.1) is 16.4 Å². The van der Waals surface area contributed by atoms with Crippen molar-refractivity contribution in [1.82, 2.24) is 20.0 Å². The van der Waals surface area contributed by atoms with Crippen LogP contribution in [-0.4, -0.2) is 20.0 Å². The van der Waals surface area contributed by atoms with Crippen molar-refractivity contribution in [3.8, 4) is 0 Å². The number of aromatic nitrogens is 4. The molecule has 80 valence electrons. The van der Waals surface area contributed by atoms with E-state index in [1.54, 1.807) is 16.0 Å². The van der Waals surface area contributed by atoms with Crippen molar-refractivity contribution >= 4 is 11.3 Å². The Morgan fingerprint density at radius 3 is 3.13 bits per heavy atom. The molecule has 0 saturated carbocycles. The van der Waals surface area contributed by atoms with E-state index in [-0.39, 0.29) is 6.04 Å². The fourth-order valence-electron chi connectivity index (χ4n) is 1.25. The lowest BCUT2D eigenvalue weighted by molar-refractivity contribution is 0.637. The van der Waals surface area contributed by atoms with Crippen molar-refractivity contribution in [1.29, 1.82) is 0 Å². The van der Waals surface area contributed by atoms with Crippen LogP contribution in [0.1, 0.15) is 30.8 Å². The number of nitrogens with zero attached hydrogens (tertiary/aromatic N) is 4. The molecule has 2 N–H and O–H groups in total. The summed E-state index contributed by atoms with van der Waals surface area (Å²) in [5.41, 5.74) is 9.50. The predicted octanol–water partition coefficient (Wildman–Crippen LogP) is 1.19. The Morgan fingerprint density at radius 2 is 2.47 bits per heavy atom. The summed E-state index contributed by atoms with van der Waals surface area (Å²) in [5, 5.41) is 10.0. The third-order valence-electron chi connectivity index (χ3n) is 2.18. The summed E-state index contributed by atoms with van der Waals surface area (Å²) in [6, 6.07) is -0.0193. The number of rotatable bonds is 4. The quantitative estimate of drug-likeness (QED) is 0.845. The summed E-state index contributed by atoms with van der Waals surface area (Å²) in [6.07, 6.45) is 2.75. The van der Waals surface area contributed by atoms with Crippen LogP contribution in [0.3, 0.4) is 0 Å². The molecule has 0 saturated heterocycles. The van der Waals surface area contributed by atoms with Gasteiger partial charge in [0.15, 0.2) is 0 Å². The molecule has 2 rings (SSSR count). The zero-order chi connectivity index (χ0) is 10.7. The van der Waals surface area contributed by atoms with Crippen molar-refractivity contribution in [3.63, 3.8) is 0 Å². The maximum absolute atomic E-state index is 5.85. The molecule has 0 aromatic carbocycles. The van der Waals surface area contributed by atoms with Gasteiger partial charge in [-0.1, -0.05) is 12.1 Å². The minimum atomic E-state index is -0.0193. The highest BCUT2D eigenvalue weighted by Crippen LogP contribution is 2.10. The van der Waals surface area contributed by atoms with Crippen molar-refractivity contribution in [2.45, 2.75) is 25.9 Å². The van der Waals surface area contributed by atoms with Crippen LogP contribution in [-0.2, 0) is 6.54 Å². The van der Waals surface area contributed by atoms with E-state index >= 15 is 0 Å². The third-order valence-corrected chi connectivity index (χ3v) is 2.82. The van der Waals surface area contributed by atoms with Gasteiger partial charge in [-0.25, -0.2) is 9.67 Å². The normalized spacial score (nSPS) is 12.9. The van der Waals surface area contributed by atoms with Gasteiger partial charge in [0.05, 0.1) is 35.7 Å². The first kappa shape index (κ1) is 10.3. The van der Waals surface area contributed by atoms with Crippen molar-refractivity contribution in [3.05, 3.63) is 28.5 Å². The zero-order valence-corrected chi connectivity index (χ0v) is 9.31. The summed E-state index contributed by atoms with van der Waals surface area (Å²) in [5.74, 6) is 0. The Kier molecular flexibility index (Phi) is 3.08. The molecule has 0 aliphatic heterocycles. The minimum absolute atomic E-state index is 0.0193. The molecule has 2 heterocycles. The van der Waals surface area contributed by atoms with E-state index < -0.39 is 0 Å². The van der Waals surface area contributed by atoms with Crippen LogP contribution in [0.2, 0.25) is 0 Å². The van der Waals surface area contributed by atoms with Crippen LogP contribution < -0.4 is 5.73 Å². The maximum atomic E-state index is 5.85. The Labute approximate surface area is 91.9 Å². The van der Waals surface area contributed by atoms with Gasteiger partial charge in [0.25, 0.3) is 0 Å². The number of thiazole rings is 1. The first-order valence-corrected chi connectivity index (χ1v) is 5.76. The van der Waals surface area contributed by atoms with Crippen molar-refractivity contribution in [2.24, 2.45) is 5.73 Å². The summed E-state index contributed by atoms with van der Waals surface area (Å²) < 4.78 is 1.76. The molecule has 15 heavy (non-hydrogen) atoms. The fourth-order valence-corrected chi connectivity index (χ4v) is 1.80. The molecule has 5 nitrogen and oxygen atoms in total.